The number of nitrogens with zero attached hydrogens (tertiary/aromatic N) is 4. The molecular formula is C31H38ClN5O4S. The topological polar surface area (TPSA) is 118 Å². The largest absolute Gasteiger partial charge is 0.489 e. The number of rotatable bonds is 13. The van der Waals surface area contributed by atoms with Crippen molar-refractivity contribution in [1.82, 2.24) is 15.0 Å². The van der Waals surface area contributed by atoms with Crippen LogP contribution in [0.5, 0.6) is 5.75 Å². The molecule has 0 unspecified atom stereocenters. The van der Waals surface area contributed by atoms with Gasteiger partial charge in [-0.25, -0.2) is 15.0 Å². The Morgan fingerprint density at radius 1 is 1.26 bits per heavy atom. The van der Waals surface area contributed by atoms with Crippen LogP contribution >= 0.6 is 22.9 Å². The number of benzene rings is 1. The molecule has 2 aliphatic rings. The molecule has 2 fully saturated rings. The lowest BCUT2D eigenvalue weighted by Crippen LogP contribution is -2.43. The lowest BCUT2D eigenvalue weighted by atomic mass is 9.80. The Balaban J connectivity index is 1.14. The van der Waals surface area contributed by atoms with E-state index in [-0.39, 0.29) is 23.6 Å². The van der Waals surface area contributed by atoms with Crippen LogP contribution in [-0.2, 0) is 11.2 Å². The molecule has 2 atom stereocenters. The molecule has 1 aliphatic carbocycles. The van der Waals surface area contributed by atoms with Gasteiger partial charge in [-0.1, -0.05) is 37.6 Å². The number of hydrogen-bond donors (Lipinski definition) is 2. The summed E-state index contributed by atoms with van der Waals surface area (Å²) in [7, 11) is 0. The molecule has 9 nitrogen and oxygen atoms in total. The number of Topliss-reactive ketones (excluding diaryl/α,β-unsaturated/α-hetero) is 2. The minimum atomic E-state index is -0.675. The number of thiazole rings is 1. The van der Waals surface area contributed by atoms with Crippen molar-refractivity contribution in [2.24, 2.45) is 0 Å². The van der Waals surface area contributed by atoms with Gasteiger partial charge < -0.3 is 20.1 Å². The number of ether oxygens (including phenoxy) is 1. The SMILES string of the molecule is CCC(=O)Cc1nc(C)c(C(=O)C[C@@H](C)c2ccc(O[C@@H]3CCN(c4ncnc(NCC5(O)CCC5)c4Cl)C3)cc2)s1. The molecule has 1 saturated heterocycles. The van der Waals surface area contributed by atoms with Crippen LogP contribution in [0.3, 0.4) is 0 Å². The first kappa shape index (κ1) is 30.4. The number of halogens is 1. The summed E-state index contributed by atoms with van der Waals surface area (Å²) in [5.74, 6) is 2.19. The average molecular weight is 612 g/mol. The van der Waals surface area contributed by atoms with Gasteiger partial charge in [0.25, 0.3) is 0 Å². The number of nitrogens with one attached hydrogen (secondary N) is 1. The van der Waals surface area contributed by atoms with Crippen molar-refractivity contribution in [3.8, 4) is 5.75 Å². The van der Waals surface area contributed by atoms with Crippen LogP contribution in [0.1, 0.15) is 84.2 Å². The van der Waals surface area contributed by atoms with E-state index in [0.29, 0.717) is 64.6 Å². The maximum absolute atomic E-state index is 13.0. The Kier molecular flexibility index (Phi) is 9.44. The van der Waals surface area contributed by atoms with E-state index in [1.807, 2.05) is 45.0 Å². The summed E-state index contributed by atoms with van der Waals surface area (Å²) in [5.41, 5.74) is 1.09. The smallest absolute Gasteiger partial charge is 0.175 e. The third-order valence-corrected chi connectivity index (χ3v) is 9.71. The minimum Gasteiger partial charge on any atom is -0.489 e. The Labute approximate surface area is 255 Å². The fourth-order valence-corrected chi connectivity index (χ4v) is 6.69. The Morgan fingerprint density at radius 2 is 2.02 bits per heavy atom. The lowest BCUT2D eigenvalue weighted by Gasteiger charge is -2.36. The molecule has 5 rings (SSSR count). The van der Waals surface area contributed by atoms with Crippen LogP contribution in [0.4, 0.5) is 11.6 Å². The summed E-state index contributed by atoms with van der Waals surface area (Å²) >= 11 is 7.99. The molecule has 0 spiro atoms. The van der Waals surface area contributed by atoms with Crippen LogP contribution in [0, 0.1) is 6.92 Å². The molecule has 0 amide bonds. The van der Waals surface area contributed by atoms with Crippen molar-refractivity contribution in [2.45, 2.75) is 83.3 Å². The van der Waals surface area contributed by atoms with E-state index in [2.05, 4.69) is 25.2 Å². The highest BCUT2D eigenvalue weighted by molar-refractivity contribution is 7.14. The van der Waals surface area contributed by atoms with Crippen LogP contribution < -0.4 is 15.0 Å². The highest BCUT2D eigenvalue weighted by Crippen LogP contribution is 2.35. The molecule has 0 bridgehead atoms. The maximum atomic E-state index is 13.0. The van der Waals surface area contributed by atoms with Crippen molar-refractivity contribution in [3.63, 3.8) is 0 Å². The highest BCUT2D eigenvalue weighted by atomic mass is 35.5. The van der Waals surface area contributed by atoms with Crippen LogP contribution in [0.15, 0.2) is 30.6 Å². The van der Waals surface area contributed by atoms with Crippen LogP contribution in [-0.4, -0.2) is 63.0 Å². The van der Waals surface area contributed by atoms with Gasteiger partial charge in [-0.2, -0.15) is 0 Å². The minimum absolute atomic E-state index is 0.0175. The van der Waals surface area contributed by atoms with Gasteiger partial charge in [0.2, 0.25) is 0 Å². The van der Waals surface area contributed by atoms with E-state index >= 15 is 0 Å². The van der Waals surface area contributed by atoms with Gasteiger partial charge in [0.05, 0.1) is 29.1 Å². The van der Waals surface area contributed by atoms with Crippen molar-refractivity contribution >= 4 is 46.1 Å². The summed E-state index contributed by atoms with van der Waals surface area (Å²) in [6, 6.07) is 7.94. The van der Waals surface area contributed by atoms with E-state index in [4.69, 9.17) is 16.3 Å². The van der Waals surface area contributed by atoms with Crippen molar-refractivity contribution in [1.29, 1.82) is 0 Å². The summed E-state index contributed by atoms with van der Waals surface area (Å²) < 4.78 is 6.28. The maximum Gasteiger partial charge on any atom is 0.175 e. The van der Waals surface area contributed by atoms with E-state index < -0.39 is 5.60 Å². The number of ketones is 2. The molecule has 224 valence electrons. The zero-order valence-electron chi connectivity index (χ0n) is 24.4. The fraction of sp³-hybridized carbons (Fsp3) is 0.516. The van der Waals surface area contributed by atoms with Gasteiger partial charge >= 0.3 is 0 Å². The number of aliphatic hydroxyl groups is 1. The predicted molar refractivity (Wildman–Crippen MR) is 165 cm³/mol. The summed E-state index contributed by atoms with van der Waals surface area (Å²) in [4.78, 5) is 40.7. The van der Waals surface area contributed by atoms with E-state index in [9.17, 15) is 14.7 Å². The standard InChI is InChI=1S/C31H38ClN5O4S/c1-4-22(38)15-26-36-20(3)28(42-26)25(39)14-19(2)21-6-8-23(9-7-21)41-24-10-13-37(16-24)30-27(32)29(34-18-35-30)33-17-31(40)11-5-12-31/h6-9,18-19,24,40H,4-5,10-17H2,1-3H3,(H,33,34,35)/t19-,24-/m1/s1. The number of carbonyl (C=O) groups is 2. The van der Waals surface area contributed by atoms with Gasteiger partial charge in [-0.15, -0.1) is 11.3 Å². The second-order valence-corrected chi connectivity index (χ2v) is 12.9. The van der Waals surface area contributed by atoms with Gasteiger partial charge in [0.1, 0.15) is 34.0 Å². The molecule has 1 saturated carbocycles. The van der Waals surface area contributed by atoms with Crippen molar-refractivity contribution < 1.29 is 19.4 Å². The molecule has 3 aromatic rings. The Morgan fingerprint density at radius 3 is 2.71 bits per heavy atom. The lowest BCUT2D eigenvalue weighted by molar-refractivity contribution is -0.118. The zero-order valence-corrected chi connectivity index (χ0v) is 25.9. The number of anilines is 2. The first-order valence-electron chi connectivity index (χ1n) is 14.6. The van der Waals surface area contributed by atoms with Crippen LogP contribution in [0.2, 0.25) is 5.02 Å². The molecule has 42 heavy (non-hydrogen) atoms. The zero-order chi connectivity index (χ0) is 29.9. The Bertz CT molecular complexity index is 1430. The first-order chi connectivity index (χ1) is 20.1. The molecule has 11 heteroatoms. The second kappa shape index (κ2) is 13.1. The van der Waals surface area contributed by atoms with Crippen molar-refractivity contribution in [2.75, 3.05) is 29.9 Å². The fourth-order valence-electron chi connectivity index (χ4n) is 5.37. The Hall–Kier alpha value is -3.08. The number of aromatic nitrogens is 3. The molecule has 1 aromatic carbocycles. The predicted octanol–water partition coefficient (Wildman–Crippen LogP) is 5.78. The highest BCUT2D eigenvalue weighted by Gasteiger charge is 2.34. The number of carbonyl (C=O) groups excluding carboxylic acids is 2. The molecular weight excluding hydrogens is 574 g/mol. The normalized spacial score (nSPS) is 18.4. The first-order valence-corrected chi connectivity index (χ1v) is 15.8. The number of aryl methyl sites for hydroxylation is 1. The quantitative estimate of drug-likeness (QED) is 0.232. The molecule has 0 radical (unpaired) electrons. The van der Waals surface area contributed by atoms with Gasteiger partial charge in [0, 0.05) is 32.4 Å². The van der Waals surface area contributed by atoms with Gasteiger partial charge in [0.15, 0.2) is 17.4 Å². The molecule has 2 N–H and O–H groups in total. The van der Waals surface area contributed by atoms with Gasteiger partial charge in [-0.3, -0.25) is 9.59 Å². The molecule has 1 aliphatic heterocycles. The van der Waals surface area contributed by atoms with Crippen LogP contribution in [0.25, 0.3) is 0 Å². The monoisotopic (exact) mass is 611 g/mol. The molecule has 3 heterocycles. The third-order valence-electron chi connectivity index (χ3n) is 8.17. The average Bonchev–Trinajstić information content (AvgIpc) is 3.57. The van der Waals surface area contributed by atoms with E-state index in [0.717, 1.165) is 43.5 Å². The van der Waals surface area contributed by atoms with Crippen molar-refractivity contribution in [3.05, 3.63) is 56.8 Å². The van der Waals surface area contributed by atoms with E-state index in [1.165, 1.54) is 17.7 Å². The molecule has 2 aromatic heterocycles. The van der Waals surface area contributed by atoms with Gasteiger partial charge in [-0.05, 0) is 49.8 Å². The summed E-state index contributed by atoms with van der Waals surface area (Å²) in [6.45, 7) is 7.54. The summed E-state index contributed by atoms with van der Waals surface area (Å²) in [6.07, 6.45) is 6.05. The third kappa shape index (κ3) is 7.10. The number of hydrogen-bond acceptors (Lipinski definition) is 10. The van der Waals surface area contributed by atoms with E-state index in [1.54, 1.807) is 0 Å². The second-order valence-electron chi connectivity index (χ2n) is 11.5. The summed E-state index contributed by atoms with van der Waals surface area (Å²) in [5, 5.41) is 14.7.